The second-order valence-corrected chi connectivity index (χ2v) is 15.6. The molecule has 11 heteroatoms. The number of hydrogen-bond acceptors (Lipinski definition) is 9. The molecule has 0 radical (unpaired) electrons. The number of nitrogens with one attached hydrogen (secondary N) is 2. The van der Waals surface area contributed by atoms with Crippen molar-refractivity contribution < 1.29 is 18.2 Å². The van der Waals surface area contributed by atoms with Gasteiger partial charge in [-0.1, -0.05) is 103 Å². The van der Waals surface area contributed by atoms with Crippen molar-refractivity contribution in [2.75, 3.05) is 23.2 Å². The predicted octanol–water partition coefficient (Wildman–Crippen LogP) is 7.60. The van der Waals surface area contributed by atoms with Gasteiger partial charge in [-0.25, -0.2) is 0 Å². The Morgan fingerprint density at radius 1 is 0.478 bits per heavy atom. The molecule has 3 heterocycles. The molecule has 0 spiro atoms. The van der Waals surface area contributed by atoms with Crippen LogP contribution in [0.25, 0.3) is 33.6 Å². The first-order valence-electron chi connectivity index (χ1n) is 14.7. The molecule has 8 rings (SSSR count). The Morgan fingerprint density at radius 2 is 0.891 bits per heavy atom. The maximum Gasteiger partial charge on any atom is 0.296 e. The van der Waals surface area contributed by atoms with Gasteiger partial charge in [-0.2, -0.15) is 15.0 Å². The maximum absolute atomic E-state index is 14.4. The van der Waals surface area contributed by atoms with Crippen LogP contribution in [0.3, 0.4) is 0 Å². The van der Waals surface area contributed by atoms with Gasteiger partial charge in [-0.15, -0.1) is 0 Å². The van der Waals surface area contributed by atoms with E-state index in [-0.39, 0.29) is 24.5 Å². The maximum atomic E-state index is 14.4. The second-order valence-electron chi connectivity index (χ2n) is 10.9. The van der Waals surface area contributed by atoms with E-state index in [0.29, 0.717) is 27.9 Å². The van der Waals surface area contributed by atoms with Crippen molar-refractivity contribution in [3.05, 3.63) is 127 Å². The fourth-order valence-electron chi connectivity index (χ4n) is 5.79. The average molecular weight is 644 g/mol. The number of hydrogen-bond donors (Lipinski definition) is 2. The molecule has 0 saturated carbocycles. The van der Waals surface area contributed by atoms with Gasteiger partial charge in [0.25, 0.3) is 14.7 Å². The van der Waals surface area contributed by atoms with Crippen LogP contribution in [0, 0.1) is 0 Å². The summed E-state index contributed by atoms with van der Waals surface area (Å²) < 4.78 is 41.1. The van der Waals surface area contributed by atoms with Gasteiger partial charge in [0.1, 0.15) is 24.1 Å². The molecular weight excluding hydrogens is 616 g/mol. The summed E-state index contributed by atoms with van der Waals surface area (Å²) in [6.07, 6.45) is -0.108. The Kier molecular flexibility index (Phi) is 6.93. The van der Waals surface area contributed by atoms with Gasteiger partial charge in [0, 0.05) is 16.7 Å². The van der Waals surface area contributed by atoms with E-state index >= 15 is 0 Å². The highest BCUT2D eigenvalue weighted by Gasteiger charge is 2.37. The van der Waals surface area contributed by atoms with Gasteiger partial charge in [0.05, 0.1) is 10.6 Å². The van der Waals surface area contributed by atoms with Crippen LogP contribution in [-0.4, -0.2) is 27.5 Å². The lowest BCUT2D eigenvalue weighted by Crippen LogP contribution is -2.24. The van der Waals surface area contributed by atoms with Gasteiger partial charge in [-0.3, -0.25) is 9.13 Å². The molecule has 0 saturated heterocycles. The fourth-order valence-corrected chi connectivity index (χ4v) is 9.86. The molecule has 2 aliphatic heterocycles. The highest BCUT2D eigenvalue weighted by atomic mass is 31.2. The molecule has 0 bridgehead atoms. The molecular formula is C35H27N5O4P2. The van der Waals surface area contributed by atoms with E-state index in [1.54, 1.807) is 0 Å². The molecule has 226 valence electrons. The van der Waals surface area contributed by atoms with E-state index in [1.807, 2.05) is 127 Å². The molecule has 2 aliphatic rings. The summed E-state index contributed by atoms with van der Waals surface area (Å²) in [4.78, 5) is 13.9. The average Bonchev–Trinajstić information content (AvgIpc) is 3.11. The van der Waals surface area contributed by atoms with Crippen molar-refractivity contribution in [2.24, 2.45) is 0 Å². The topological polar surface area (TPSA) is 115 Å². The summed E-state index contributed by atoms with van der Waals surface area (Å²) in [5, 5.41) is 7.58. The van der Waals surface area contributed by atoms with Crippen molar-refractivity contribution >= 4 is 37.2 Å². The third-order valence-electron chi connectivity index (χ3n) is 7.95. The molecule has 2 N–H and O–H groups in total. The first kappa shape index (κ1) is 28.3. The monoisotopic (exact) mass is 643 g/mol. The normalized spacial score (nSPS) is 18.9. The number of anilines is 2. The minimum Gasteiger partial charge on any atom is -0.438 e. The fraction of sp³-hybridized carbons (Fsp3) is 0.0571. The summed E-state index contributed by atoms with van der Waals surface area (Å²) in [6.45, 7) is 0. The van der Waals surface area contributed by atoms with E-state index < -0.39 is 14.7 Å². The number of para-hydroxylation sites is 2. The molecule has 0 amide bonds. The lowest BCUT2D eigenvalue weighted by molar-refractivity contribution is 0.492. The van der Waals surface area contributed by atoms with Crippen LogP contribution < -0.4 is 30.3 Å². The van der Waals surface area contributed by atoms with Crippen molar-refractivity contribution in [1.29, 1.82) is 0 Å². The Balaban J connectivity index is 1.11. The Labute approximate surface area is 265 Å². The van der Waals surface area contributed by atoms with E-state index in [9.17, 15) is 9.13 Å². The number of nitrogens with zero attached hydrogens (tertiary/aromatic N) is 3. The third-order valence-corrected chi connectivity index (χ3v) is 12.3. The molecule has 2 unspecified atom stereocenters. The van der Waals surface area contributed by atoms with Crippen LogP contribution in [0.5, 0.6) is 11.5 Å². The summed E-state index contributed by atoms with van der Waals surface area (Å²) in [5.41, 5.74) is 4.29. The standard InChI is InChI=1S/C35H27N5O4P2/c41-45(31-20-10-6-16-27(31)25-14-4-8-18-29(25)43-45)22-36-34-38-33(24-12-2-1-3-13-24)39-35(40-34)37-23-46(42)32-21-11-7-17-28(32)26-15-5-9-19-30(26)44-46/h1-21H,22-23H2,(H2,36,37,38,39,40). The largest absolute Gasteiger partial charge is 0.438 e. The van der Waals surface area contributed by atoms with Crippen LogP contribution >= 0.6 is 14.7 Å². The number of fused-ring (bicyclic) bond motifs is 6. The number of benzene rings is 5. The van der Waals surface area contributed by atoms with Gasteiger partial charge >= 0.3 is 0 Å². The summed E-state index contributed by atoms with van der Waals surface area (Å²) in [7, 11) is -6.83. The summed E-state index contributed by atoms with van der Waals surface area (Å²) >= 11 is 0. The number of rotatable bonds is 7. The van der Waals surface area contributed by atoms with Crippen LogP contribution in [0.1, 0.15) is 0 Å². The van der Waals surface area contributed by atoms with Crippen molar-refractivity contribution in [3.63, 3.8) is 0 Å². The zero-order chi connectivity index (χ0) is 31.1. The van der Waals surface area contributed by atoms with Crippen LogP contribution in [-0.2, 0) is 9.13 Å². The highest BCUT2D eigenvalue weighted by molar-refractivity contribution is 7.68. The van der Waals surface area contributed by atoms with Crippen LogP contribution in [0.2, 0.25) is 0 Å². The first-order valence-corrected chi connectivity index (χ1v) is 18.4. The van der Waals surface area contributed by atoms with E-state index in [4.69, 9.17) is 9.05 Å². The highest BCUT2D eigenvalue weighted by Crippen LogP contribution is 2.55. The van der Waals surface area contributed by atoms with Gasteiger partial charge in [-0.05, 0) is 35.4 Å². The van der Waals surface area contributed by atoms with Crippen molar-refractivity contribution in [1.82, 2.24) is 15.0 Å². The Bertz CT molecular complexity index is 2080. The van der Waals surface area contributed by atoms with E-state index in [0.717, 1.165) is 27.8 Å². The van der Waals surface area contributed by atoms with Gasteiger partial charge in [0.15, 0.2) is 5.82 Å². The Hall–Kier alpha value is -5.23. The molecule has 1 aromatic heterocycles. The molecule has 0 aliphatic carbocycles. The quantitative estimate of drug-likeness (QED) is 0.170. The van der Waals surface area contributed by atoms with Gasteiger partial charge < -0.3 is 19.7 Å². The van der Waals surface area contributed by atoms with E-state index in [2.05, 4.69) is 25.6 Å². The minimum absolute atomic E-state index is 0.0538. The van der Waals surface area contributed by atoms with Crippen molar-refractivity contribution in [2.45, 2.75) is 0 Å². The number of aromatic nitrogens is 3. The Morgan fingerprint density at radius 3 is 1.39 bits per heavy atom. The van der Waals surface area contributed by atoms with E-state index in [1.165, 1.54) is 0 Å². The molecule has 0 fully saturated rings. The van der Waals surface area contributed by atoms with Crippen LogP contribution in [0.4, 0.5) is 11.9 Å². The van der Waals surface area contributed by atoms with Crippen molar-refractivity contribution in [3.8, 4) is 45.1 Å². The SMILES string of the molecule is O=P1(CNc2nc(NCP3(=O)Oc4ccccc4-c4ccccc43)nc(-c3ccccc3)n2)Oc2ccccc2-c2ccccc21. The smallest absolute Gasteiger partial charge is 0.296 e. The third kappa shape index (κ3) is 5.04. The van der Waals surface area contributed by atoms with Crippen LogP contribution in [0.15, 0.2) is 127 Å². The summed E-state index contributed by atoms with van der Waals surface area (Å²) in [5.74, 6) is 1.91. The second kappa shape index (κ2) is 11.3. The predicted molar refractivity (Wildman–Crippen MR) is 182 cm³/mol. The summed E-state index contributed by atoms with van der Waals surface area (Å²) in [6, 6.07) is 39.7. The zero-order valence-corrected chi connectivity index (χ0v) is 26.2. The zero-order valence-electron chi connectivity index (χ0n) is 24.4. The molecule has 6 aromatic rings. The minimum atomic E-state index is -3.42. The first-order chi connectivity index (χ1) is 22.5. The van der Waals surface area contributed by atoms with Gasteiger partial charge in [0.2, 0.25) is 11.9 Å². The lowest BCUT2D eigenvalue weighted by atomic mass is 10.0. The lowest BCUT2D eigenvalue weighted by Gasteiger charge is -2.29. The molecule has 46 heavy (non-hydrogen) atoms. The molecule has 2 atom stereocenters. The molecule has 9 nitrogen and oxygen atoms in total. The molecule has 5 aromatic carbocycles.